The van der Waals surface area contributed by atoms with E-state index < -0.39 is 5.54 Å². The molecule has 1 atom stereocenters. The number of fused-ring (bicyclic) bond motifs is 8. The first-order valence-electron chi connectivity index (χ1n) is 20.8. The van der Waals surface area contributed by atoms with Crippen LogP contribution in [0.15, 0.2) is 210 Å². The van der Waals surface area contributed by atoms with Crippen molar-refractivity contribution in [1.29, 1.82) is 0 Å². The molecule has 1 unspecified atom stereocenters. The number of thiophene rings is 1. The Morgan fingerprint density at radius 3 is 1.92 bits per heavy atom. The minimum atomic E-state index is -0.609. The summed E-state index contributed by atoms with van der Waals surface area (Å²) < 4.78 is 4.83. The first-order valence-corrected chi connectivity index (χ1v) is 21.6. The zero-order valence-corrected chi connectivity index (χ0v) is 34.3. The zero-order valence-electron chi connectivity index (χ0n) is 33.5. The fourth-order valence-corrected chi connectivity index (χ4v) is 10.6. The summed E-state index contributed by atoms with van der Waals surface area (Å²) in [5.41, 5.74) is 12.5. The van der Waals surface area contributed by atoms with E-state index in [1.807, 2.05) is 17.4 Å². The van der Waals surface area contributed by atoms with Crippen LogP contribution in [0.5, 0.6) is 0 Å². The Morgan fingerprint density at radius 1 is 0.508 bits per heavy atom. The van der Waals surface area contributed by atoms with Crippen molar-refractivity contribution in [3.63, 3.8) is 0 Å². The molecule has 11 aromatic rings. The number of nitrogens with zero attached hydrogens (tertiary/aromatic N) is 4. The van der Waals surface area contributed by atoms with E-state index in [1.54, 1.807) is 0 Å². The predicted octanol–water partition coefficient (Wildman–Crippen LogP) is 14.6. The lowest BCUT2D eigenvalue weighted by Crippen LogP contribution is -2.30. The summed E-state index contributed by atoms with van der Waals surface area (Å²) in [5, 5.41) is 6.19. The topological polar surface area (TPSA) is 42.5 Å². The molecule has 0 saturated carbocycles. The third kappa shape index (κ3) is 5.92. The summed E-state index contributed by atoms with van der Waals surface area (Å²) in [4.78, 5) is 16.3. The first kappa shape index (κ1) is 35.5. The average molecular weight is 799 g/mol. The van der Waals surface area contributed by atoms with Gasteiger partial charge in [0.1, 0.15) is 0 Å². The summed E-state index contributed by atoms with van der Waals surface area (Å²) in [6.07, 6.45) is 0.634. The van der Waals surface area contributed by atoms with Crippen molar-refractivity contribution in [2.24, 2.45) is 9.98 Å². The minimum absolute atomic E-state index is 0.609. The molecular weight excluding hydrogens is 761 g/mol. The molecule has 4 nitrogen and oxygen atoms in total. The van der Waals surface area contributed by atoms with Crippen molar-refractivity contribution < 1.29 is 0 Å². The number of hydrogen-bond acceptors (Lipinski definition) is 4. The van der Waals surface area contributed by atoms with Gasteiger partial charge in [-0.3, -0.25) is 4.99 Å². The lowest BCUT2D eigenvalue weighted by atomic mass is 9.83. The van der Waals surface area contributed by atoms with E-state index in [0.29, 0.717) is 6.42 Å². The standard InChI is InChI=1S/C56H38N4S/c1-56(41-22-14-21-40(32-41)53-54-52(45-26-10-13-29-51(45)61-54)46-34-38(30-31-47(46)57-53)36-16-4-2-5-17-36)35-48(58-55(59-56)37-18-6-3-7-19-37)39-20-15-23-42(33-39)60-49-27-11-8-24-43(49)44-25-9-12-28-50(44)60/h2-34H,35H2,1H3. The highest BCUT2D eigenvalue weighted by molar-refractivity contribution is 7.26. The molecular formula is C56H38N4S. The molecule has 1 aliphatic heterocycles. The molecule has 0 bridgehead atoms. The Hall–Kier alpha value is -7.47. The number of aliphatic imine (C=N–C) groups is 2. The number of benzene rings is 8. The lowest BCUT2D eigenvalue weighted by Gasteiger charge is -2.31. The summed E-state index contributed by atoms with van der Waals surface area (Å²) >= 11 is 1.83. The van der Waals surface area contributed by atoms with Crippen LogP contribution in [-0.2, 0) is 5.54 Å². The summed E-state index contributed by atoms with van der Waals surface area (Å²) in [6.45, 7) is 2.26. The minimum Gasteiger partial charge on any atom is -0.309 e. The van der Waals surface area contributed by atoms with Crippen molar-refractivity contribution in [2.75, 3.05) is 0 Å². The lowest BCUT2D eigenvalue weighted by molar-refractivity contribution is 0.515. The molecule has 1 aliphatic rings. The van der Waals surface area contributed by atoms with Gasteiger partial charge >= 0.3 is 0 Å². The molecule has 0 amide bonds. The molecule has 0 saturated heterocycles. The van der Waals surface area contributed by atoms with Crippen LogP contribution < -0.4 is 0 Å². The van der Waals surface area contributed by atoms with E-state index in [4.69, 9.17) is 15.0 Å². The first-order chi connectivity index (χ1) is 30.1. The fourth-order valence-electron chi connectivity index (χ4n) is 9.36. The van der Waals surface area contributed by atoms with E-state index in [9.17, 15) is 0 Å². The van der Waals surface area contributed by atoms with Gasteiger partial charge in [-0.25, -0.2) is 9.98 Å². The van der Waals surface area contributed by atoms with Crippen LogP contribution in [0, 0.1) is 0 Å². The Kier molecular flexibility index (Phi) is 8.19. The summed E-state index contributed by atoms with van der Waals surface area (Å²) in [7, 11) is 0. The molecule has 8 aromatic carbocycles. The fraction of sp³-hybridized carbons (Fsp3) is 0.0536. The van der Waals surface area contributed by atoms with Gasteiger partial charge in [0, 0.05) is 54.9 Å². The SMILES string of the molecule is CC1(c2cccc(-c3nc4ccc(-c5ccccc5)cc4c4c3sc3ccccc34)c2)CC(c2cccc(-n3c4ccccc4c4ccccc43)c2)=NC(c2ccccc2)=N1. The van der Waals surface area contributed by atoms with Gasteiger partial charge in [-0.15, -0.1) is 11.3 Å². The van der Waals surface area contributed by atoms with Crippen molar-refractivity contribution in [2.45, 2.75) is 18.9 Å². The maximum atomic E-state index is 5.51. The van der Waals surface area contributed by atoms with Crippen molar-refractivity contribution in [3.8, 4) is 28.1 Å². The molecule has 61 heavy (non-hydrogen) atoms. The van der Waals surface area contributed by atoms with Crippen LogP contribution in [0.3, 0.4) is 0 Å². The maximum absolute atomic E-state index is 5.51. The number of rotatable bonds is 6. The van der Waals surface area contributed by atoms with Crippen molar-refractivity contribution in [1.82, 2.24) is 9.55 Å². The second-order valence-electron chi connectivity index (χ2n) is 16.2. The predicted molar refractivity (Wildman–Crippen MR) is 258 cm³/mol. The molecule has 3 aromatic heterocycles. The second kappa shape index (κ2) is 14.1. The van der Waals surface area contributed by atoms with Gasteiger partial charge in [0.2, 0.25) is 0 Å². The smallest absolute Gasteiger partial charge is 0.155 e. The third-order valence-electron chi connectivity index (χ3n) is 12.3. The molecule has 5 heteroatoms. The van der Waals surface area contributed by atoms with Crippen molar-refractivity contribution in [3.05, 3.63) is 217 Å². The van der Waals surface area contributed by atoms with Crippen LogP contribution in [-0.4, -0.2) is 21.1 Å². The van der Waals surface area contributed by atoms with Gasteiger partial charge in [-0.2, -0.15) is 0 Å². The quantitative estimate of drug-likeness (QED) is 0.165. The number of pyridine rings is 1. The highest BCUT2D eigenvalue weighted by Gasteiger charge is 2.34. The van der Waals surface area contributed by atoms with Crippen molar-refractivity contribution >= 4 is 75.8 Å². The van der Waals surface area contributed by atoms with E-state index >= 15 is 0 Å². The Balaban J connectivity index is 0.998. The van der Waals surface area contributed by atoms with Gasteiger partial charge < -0.3 is 4.57 Å². The highest BCUT2D eigenvalue weighted by atomic mass is 32.1. The molecule has 288 valence electrons. The molecule has 0 aliphatic carbocycles. The third-order valence-corrected chi connectivity index (χ3v) is 13.5. The van der Waals surface area contributed by atoms with E-state index in [-0.39, 0.29) is 0 Å². The number of amidine groups is 1. The summed E-state index contributed by atoms with van der Waals surface area (Å²) in [6, 6.07) is 71.6. The van der Waals surface area contributed by atoms with Gasteiger partial charge in [0.25, 0.3) is 0 Å². The second-order valence-corrected chi connectivity index (χ2v) is 17.2. The summed E-state index contributed by atoms with van der Waals surface area (Å²) in [5.74, 6) is 0.738. The molecule has 4 heterocycles. The van der Waals surface area contributed by atoms with Crippen LogP contribution in [0.4, 0.5) is 0 Å². The molecule has 0 radical (unpaired) electrons. The van der Waals surface area contributed by atoms with Gasteiger partial charge in [-0.05, 0) is 77.7 Å². The normalized spacial score (nSPS) is 15.5. The largest absolute Gasteiger partial charge is 0.309 e. The van der Waals surface area contributed by atoms with Gasteiger partial charge in [0.05, 0.1) is 38.2 Å². The van der Waals surface area contributed by atoms with Crippen LogP contribution >= 0.6 is 11.3 Å². The number of aromatic nitrogens is 2. The van der Waals surface area contributed by atoms with E-state index in [2.05, 4.69) is 206 Å². The van der Waals surface area contributed by atoms with Crippen LogP contribution in [0.1, 0.15) is 30.0 Å². The molecule has 0 spiro atoms. The molecule has 12 rings (SSSR count). The van der Waals surface area contributed by atoms with E-state index in [1.165, 1.54) is 58.5 Å². The maximum Gasteiger partial charge on any atom is 0.155 e. The van der Waals surface area contributed by atoms with Crippen LogP contribution in [0.2, 0.25) is 0 Å². The Bertz CT molecular complexity index is 3530. The number of para-hydroxylation sites is 2. The zero-order chi connectivity index (χ0) is 40.5. The molecule has 0 N–H and O–H groups in total. The Morgan fingerprint density at radius 2 is 1.15 bits per heavy atom. The van der Waals surface area contributed by atoms with E-state index in [0.717, 1.165) is 50.7 Å². The van der Waals surface area contributed by atoms with Crippen LogP contribution in [0.25, 0.3) is 81.0 Å². The highest BCUT2D eigenvalue weighted by Crippen LogP contribution is 2.45. The monoisotopic (exact) mass is 798 g/mol. The average Bonchev–Trinajstić information content (AvgIpc) is 3.88. The molecule has 0 fully saturated rings. The number of hydrogen-bond donors (Lipinski definition) is 0. The Labute approximate surface area is 357 Å². The van der Waals surface area contributed by atoms with Gasteiger partial charge in [0.15, 0.2) is 5.84 Å². The van der Waals surface area contributed by atoms with Gasteiger partial charge in [-0.1, -0.05) is 152 Å².